The number of hydrogen-bond donors (Lipinski definition) is 1. The Bertz CT molecular complexity index is 512. The fraction of sp³-hybridized carbons (Fsp3) is 0.375. The highest BCUT2D eigenvalue weighted by atomic mass is 15.0. The van der Waals surface area contributed by atoms with Crippen LogP contribution >= 0.6 is 0 Å². The van der Waals surface area contributed by atoms with E-state index in [-0.39, 0.29) is 0 Å². The van der Waals surface area contributed by atoms with Gasteiger partial charge in [-0.25, -0.2) is 0 Å². The van der Waals surface area contributed by atoms with Crippen LogP contribution in [0.25, 0.3) is 5.69 Å². The van der Waals surface area contributed by atoms with E-state index in [1.165, 1.54) is 28.9 Å². The molecule has 0 aliphatic heterocycles. The zero-order chi connectivity index (χ0) is 13.0. The van der Waals surface area contributed by atoms with Crippen LogP contribution in [0.1, 0.15) is 30.2 Å². The molecule has 2 heteroatoms. The highest BCUT2D eigenvalue weighted by molar-refractivity contribution is 5.44. The monoisotopic (exact) mass is 242 g/mol. The standard InChI is InChI=1S/C16H22N2/c1-4-9-17-12-15-6-5-10-18(15)16-8-7-13(2)11-14(16)3/h5-8,10-11,17H,4,9,12H2,1-3H3. The molecule has 0 amide bonds. The Morgan fingerprint density at radius 2 is 2.00 bits per heavy atom. The largest absolute Gasteiger partial charge is 0.319 e. The third-order valence-corrected chi connectivity index (χ3v) is 3.18. The van der Waals surface area contributed by atoms with Gasteiger partial charge in [0, 0.05) is 24.1 Å². The van der Waals surface area contributed by atoms with Gasteiger partial charge in [0.1, 0.15) is 0 Å². The summed E-state index contributed by atoms with van der Waals surface area (Å²) in [5.74, 6) is 0. The summed E-state index contributed by atoms with van der Waals surface area (Å²) in [4.78, 5) is 0. The summed E-state index contributed by atoms with van der Waals surface area (Å²) in [6, 6.07) is 10.9. The number of benzene rings is 1. The van der Waals surface area contributed by atoms with Gasteiger partial charge in [-0.1, -0.05) is 24.6 Å². The number of hydrogen-bond acceptors (Lipinski definition) is 1. The quantitative estimate of drug-likeness (QED) is 0.793. The van der Waals surface area contributed by atoms with Crippen LogP contribution in [-0.2, 0) is 6.54 Å². The van der Waals surface area contributed by atoms with Gasteiger partial charge in [0.05, 0.1) is 0 Å². The van der Waals surface area contributed by atoms with Gasteiger partial charge >= 0.3 is 0 Å². The fourth-order valence-corrected chi connectivity index (χ4v) is 2.26. The summed E-state index contributed by atoms with van der Waals surface area (Å²) < 4.78 is 2.28. The summed E-state index contributed by atoms with van der Waals surface area (Å²) >= 11 is 0. The maximum Gasteiger partial charge on any atom is 0.0482 e. The first-order valence-corrected chi connectivity index (χ1v) is 6.67. The van der Waals surface area contributed by atoms with Crippen molar-refractivity contribution in [2.75, 3.05) is 6.54 Å². The van der Waals surface area contributed by atoms with Gasteiger partial charge in [0.15, 0.2) is 0 Å². The normalized spacial score (nSPS) is 10.8. The van der Waals surface area contributed by atoms with Gasteiger partial charge < -0.3 is 9.88 Å². The van der Waals surface area contributed by atoms with Crippen LogP contribution < -0.4 is 5.32 Å². The highest BCUT2D eigenvalue weighted by Gasteiger charge is 2.05. The molecule has 1 aromatic heterocycles. The summed E-state index contributed by atoms with van der Waals surface area (Å²) in [5, 5.41) is 3.46. The average Bonchev–Trinajstić information content (AvgIpc) is 2.78. The van der Waals surface area contributed by atoms with Crippen LogP contribution in [0, 0.1) is 13.8 Å². The molecular weight excluding hydrogens is 220 g/mol. The zero-order valence-electron chi connectivity index (χ0n) is 11.5. The lowest BCUT2D eigenvalue weighted by Crippen LogP contribution is -2.16. The van der Waals surface area contributed by atoms with Crippen molar-refractivity contribution in [2.45, 2.75) is 33.7 Å². The van der Waals surface area contributed by atoms with Crippen LogP contribution in [0.15, 0.2) is 36.5 Å². The van der Waals surface area contributed by atoms with E-state index in [1.54, 1.807) is 0 Å². The van der Waals surface area contributed by atoms with Crippen molar-refractivity contribution in [1.82, 2.24) is 9.88 Å². The second-order valence-corrected chi connectivity index (χ2v) is 4.84. The minimum Gasteiger partial charge on any atom is -0.319 e. The average molecular weight is 242 g/mol. The summed E-state index contributed by atoms with van der Waals surface area (Å²) in [6.07, 6.45) is 3.31. The lowest BCUT2D eigenvalue weighted by atomic mass is 10.1. The number of nitrogens with one attached hydrogen (secondary N) is 1. The third kappa shape index (κ3) is 2.82. The van der Waals surface area contributed by atoms with E-state index in [1.807, 2.05) is 0 Å². The lowest BCUT2D eigenvalue weighted by molar-refractivity contribution is 0.656. The van der Waals surface area contributed by atoms with Gasteiger partial charge in [-0.05, 0) is 50.6 Å². The van der Waals surface area contributed by atoms with Gasteiger partial charge in [0.2, 0.25) is 0 Å². The van der Waals surface area contributed by atoms with Crippen LogP contribution in [-0.4, -0.2) is 11.1 Å². The first kappa shape index (κ1) is 12.9. The van der Waals surface area contributed by atoms with Gasteiger partial charge in [-0.15, -0.1) is 0 Å². The van der Waals surface area contributed by atoms with Gasteiger partial charge in [-0.3, -0.25) is 0 Å². The predicted molar refractivity (Wildman–Crippen MR) is 77.2 cm³/mol. The van der Waals surface area contributed by atoms with Crippen LogP contribution in [0.5, 0.6) is 0 Å². The maximum atomic E-state index is 3.46. The molecule has 0 aliphatic carbocycles. The van der Waals surface area contributed by atoms with Gasteiger partial charge in [0.25, 0.3) is 0 Å². The van der Waals surface area contributed by atoms with Crippen LogP contribution in [0.3, 0.4) is 0 Å². The molecule has 0 fully saturated rings. The van der Waals surface area contributed by atoms with Gasteiger partial charge in [-0.2, -0.15) is 0 Å². The highest BCUT2D eigenvalue weighted by Crippen LogP contribution is 2.18. The van der Waals surface area contributed by atoms with E-state index in [2.05, 4.69) is 67.2 Å². The molecule has 0 bridgehead atoms. The van der Waals surface area contributed by atoms with Crippen molar-refractivity contribution in [3.05, 3.63) is 53.3 Å². The molecule has 0 unspecified atom stereocenters. The van der Waals surface area contributed by atoms with Crippen molar-refractivity contribution < 1.29 is 0 Å². The fourth-order valence-electron chi connectivity index (χ4n) is 2.26. The Labute approximate surface area is 110 Å². The molecule has 0 spiro atoms. The minimum absolute atomic E-state index is 0.925. The van der Waals surface area contributed by atoms with Crippen molar-refractivity contribution in [1.29, 1.82) is 0 Å². The summed E-state index contributed by atoms with van der Waals surface area (Å²) in [5.41, 5.74) is 5.23. The Balaban J connectivity index is 2.25. The maximum absolute atomic E-state index is 3.46. The topological polar surface area (TPSA) is 17.0 Å². The smallest absolute Gasteiger partial charge is 0.0482 e. The van der Waals surface area contributed by atoms with E-state index in [0.29, 0.717) is 0 Å². The van der Waals surface area contributed by atoms with E-state index in [4.69, 9.17) is 0 Å². The Hall–Kier alpha value is -1.54. The predicted octanol–water partition coefficient (Wildman–Crippen LogP) is 3.59. The number of rotatable bonds is 5. The molecule has 1 aromatic carbocycles. The summed E-state index contributed by atoms with van der Waals surface area (Å²) in [6.45, 7) is 8.49. The Morgan fingerprint density at radius 3 is 2.72 bits per heavy atom. The molecule has 2 rings (SSSR count). The first-order valence-electron chi connectivity index (χ1n) is 6.67. The van der Waals surface area contributed by atoms with E-state index >= 15 is 0 Å². The second-order valence-electron chi connectivity index (χ2n) is 4.84. The van der Waals surface area contributed by atoms with Crippen molar-refractivity contribution >= 4 is 0 Å². The van der Waals surface area contributed by atoms with Crippen LogP contribution in [0.4, 0.5) is 0 Å². The van der Waals surface area contributed by atoms with E-state index in [9.17, 15) is 0 Å². The van der Waals surface area contributed by atoms with Crippen molar-refractivity contribution in [2.24, 2.45) is 0 Å². The molecule has 2 nitrogen and oxygen atoms in total. The summed E-state index contributed by atoms with van der Waals surface area (Å²) in [7, 11) is 0. The molecule has 96 valence electrons. The Kier molecular flexibility index (Phi) is 4.21. The molecule has 0 saturated carbocycles. The number of aromatic nitrogens is 1. The first-order chi connectivity index (χ1) is 8.72. The Morgan fingerprint density at radius 1 is 1.17 bits per heavy atom. The third-order valence-electron chi connectivity index (χ3n) is 3.18. The number of nitrogens with zero attached hydrogens (tertiary/aromatic N) is 1. The van der Waals surface area contributed by atoms with Crippen LogP contribution in [0.2, 0.25) is 0 Å². The molecule has 0 radical (unpaired) electrons. The molecule has 1 heterocycles. The van der Waals surface area contributed by atoms with E-state index < -0.39 is 0 Å². The molecule has 0 aliphatic rings. The second kappa shape index (κ2) is 5.87. The lowest BCUT2D eigenvalue weighted by Gasteiger charge is -2.13. The van der Waals surface area contributed by atoms with Crippen molar-refractivity contribution in [3.8, 4) is 5.69 Å². The molecule has 18 heavy (non-hydrogen) atoms. The SMILES string of the molecule is CCCNCc1cccn1-c1ccc(C)cc1C. The molecule has 0 atom stereocenters. The van der Waals surface area contributed by atoms with E-state index in [0.717, 1.165) is 13.1 Å². The molecule has 1 N–H and O–H groups in total. The molecular formula is C16H22N2. The molecule has 2 aromatic rings. The molecule has 0 saturated heterocycles. The zero-order valence-corrected chi connectivity index (χ0v) is 11.5. The van der Waals surface area contributed by atoms with Crippen molar-refractivity contribution in [3.63, 3.8) is 0 Å². The number of aryl methyl sites for hydroxylation is 2. The minimum atomic E-state index is 0.925.